The first-order valence-corrected chi connectivity index (χ1v) is 4.28. The van der Waals surface area contributed by atoms with E-state index in [1.165, 1.54) is 12.1 Å². The molecular weight excluding hydrogens is 197 g/mol. The number of nitrogens with zero attached hydrogens (tertiary/aromatic N) is 3. The van der Waals surface area contributed by atoms with Gasteiger partial charge in [-0.3, -0.25) is 0 Å². The first-order valence-electron chi connectivity index (χ1n) is 4.28. The molecule has 0 radical (unpaired) electrons. The molecule has 4 nitrogen and oxygen atoms in total. The fourth-order valence-corrected chi connectivity index (χ4v) is 1.25. The van der Waals surface area contributed by atoms with Gasteiger partial charge in [0.15, 0.2) is 0 Å². The van der Waals surface area contributed by atoms with Crippen LogP contribution in [0.1, 0.15) is 5.56 Å². The molecule has 76 valence electrons. The third-order valence-corrected chi connectivity index (χ3v) is 1.95. The number of oxime groups is 1. The molecule has 0 spiro atoms. The fraction of sp³-hybridized carbons (Fsp3) is 0. The van der Waals surface area contributed by atoms with Crippen molar-refractivity contribution in [2.24, 2.45) is 5.16 Å². The Morgan fingerprint density at radius 2 is 2.33 bits per heavy atom. The number of hydrogen-bond acceptors (Lipinski definition) is 3. The van der Waals surface area contributed by atoms with Gasteiger partial charge < -0.3 is 5.21 Å². The van der Waals surface area contributed by atoms with Crippen LogP contribution in [0, 0.1) is 5.82 Å². The van der Waals surface area contributed by atoms with Crippen LogP contribution in [0.15, 0.2) is 41.8 Å². The molecular formula is C10H8FN3O. The minimum Gasteiger partial charge on any atom is -0.411 e. The van der Waals surface area contributed by atoms with Gasteiger partial charge in [0.2, 0.25) is 0 Å². The highest BCUT2D eigenvalue weighted by Gasteiger charge is 2.02. The first-order chi connectivity index (χ1) is 7.31. The quantitative estimate of drug-likeness (QED) is 0.462. The monoisotopic (exact) mass is 205 g/mol. The molecule has 0 bridgehead atoms. The van der Waals surface area contributed by atoms with Crippen molar-refractivity contribution in [2.75, 3.05) is 0 Å². The number of benzene rings is 1. The molecule has 1 N–H and O–H groups in total. The van der Waals surface area contributed by atoms with Crippen LogP contribution in [0.3, 0.4) is 0 Å². The molecule has 0 unspecified atom stereocenters. The van der Waals surface area contributed by atoms with E-state index in [2.05, 4.69) is 10.3 Å². The zero-order valence-electron chi connectivity index (χ0n) is 7.71. The summed E-state index contributed by atoms with van der Waals surface area (Å²) in [5.41, 5.74) is 0.848. The van der Waals surface area contributed by atoms with E-state index in [0.29, 0.717) is 5.69 Å². The summed E-state index contributed by atoms with van der Waals surface area (Å²) >= 11 is 0. The van der Waals surface area contributed by atoms with Crippen LogP contribution in [0.4, 0.5) is 4.39 Å². The molecule has 0 saturated heterocycles. The summed E-state index contributed by atoms with van der Waals surface area (Å²) in [5.74, 6) is -0.458. The number of hydrogen-bond donors (Lipinski definition) is 1. The second kappa shape index (κ2) is 3.91. The molecule has 2 aromatic rings. The number of rotatable bonds is 2. The Bertz CT molecular complexity index is 479. The van der Waals surface area contributed by atoms with E-state index in [1.807, 2.05) is 0 Å². The molecule has 5 heteroatoms. The molecule has 2 rings (SSSR count). The van der Waals surface area contributed by atoms with Crippen LogP contribution in [-0.4, -0.2) is 21.2 Å². The molecule has 0 aliphatic heterocycles. The number of aromatic nitrogens is 2. The van der Waals surface area contributed by atoms with Crippen molar-refractivity contribution in [3.63, 3.8) is 0 Å². The third-order valence-electron chi connectivity index (χ3n) is 1.95. The molecule has 0 aliphatic rings. The highest BCUT2D eigenvalue weighted by atomic mass is 19.1. The van der Waals surface area contributed by atoms with Gasteiger partial charge in [-0.15, -0.1) is 0 Å². The maximum Gasteiger partial charge on any atom is 0.134 e. The number of halogens is 1. The summed E-state index contributed by atoms with van der Waals surface area (Å²) < 4.78 is 14.9. The van der Waals surface area contributed by atoms with Gasteiger partial charge in [-0.05, 0) is 18.2 Å². The molecule has 1 aromatic heterocycles. The predicted octanol–water partition coefficient (Wildman–Crippen LogP) is 1.82. The van der Waals surface area contributed by atoms with Crippen molar-refractivity contribution < 1.29 is 9.60 Å². The largest absolute Gasteiger partial charge is 0.411 e. The van der Waals surface area contributed by atoms with Gasteiger partial charge >= 0.3 is 0 Å². The van der Waals surface area contributed by atoms with Crippen LogP contribution in [0.25, 0.3) is 5.69 Å². The van der Waals surface area contributed by atoms with E-state index >= 15 is 0 Å². The highest BCUT2D eigenvalue weighted by Crippen LogP contribution is 2.11. The van der Waals surface area contributed by atoms with Crippen molar-refractivity contribution >= 4 is 6.21 Å². The van der Waals surface area contributed by atoms with Crippen LogP contribution in [0.2, 0.25) is 0 Å². The van der Waals surface area contributed by atoms with Crippen molar-refractivity contribution in [1.29, 1.82) is 0 Å². The molecule has 0 fully saturated rings. The van der Waals surface area contributed by atoms with E-state index in [1.54, 1.807) is 29.2 Å². The Labute approximate surface area is 85.3 Å². The summed E-state index contributed by atoms with van der Waals surface area (Å²) in [6.07, 6.45) is 4.37. The van der Waals surface area contributed by atoms with E-state index in [9.17, 15) is 4.39 Å². The summed E-state index contributed by atoms with van der Waals surface area (Å²) in [6.45, 7) is 0. The SMILES string of the molecule is O/N=C/c1ccc(-n2cccn2)cc1F. The Kier molecular flexibility index (Phi) is 2.45. The van der Waals surface area contributed by atoms with Gasteiger partial charge in [0, 0.05) is 24.0 Å². The van der Waals surface area contributed by atoms with Gasteiger partial charge in [0.05, 0.1) is 11.9 Å². The summed E-state index contributed by atoms with van der Waals surface area (Å²) in [6, 6.07) is 6.28. The summed E-state index contributed by atoms with van der Waals surface area (Å²) in [5, 5.41) is 15.0. The van der Waals surface area contributed by atoms with Gasteiger partial charge in [0.1, 0.15) is 5.82 Å². The van der Waals surface area contributed by atoms with Crippen LogP contribution < -0.4 is 0 Å². The minimum atomic E-state index is -0.458. The second-order valence-corrected chi connectivity index (χ2v) is 2.90. The van der Waals surface area contributed by atoms with E-state index in [4.69, 9.17) is 5.21 Å². The van der Waals surface area contributed by atoms with Crippen LogP contribution in [-0.2, 0) is 0 Å². The summed E-state index contributed by atoms with van der Waals surface area (Å²) in [7, 11) is 0. The molecule has 15 heavy (non-hydrogen) atoms. The lowest BCUT2D eigenvalue weighted by Gasteiger charge is -2.02. The molecule has 0 atom stereocenters. The lowest BCUT2D eigenvalue weighted by Crippen LogP contribution is -1.97. The van der Waals surface area contributed by atoms with Crippen molar-refractivity contribution in [2.45, 2.75) is 0 Å². The second-order valence-electron chi connectivity index (χ2n) is 2.90. The molecule has 0 aliphatic carbocycles. The minimum absolute atomic E-state index is 0.230. The lowest BCUT2D eigenvalue weighted by molar-refractivity contribution is 0.321. The van der Waals surface area contributed by atoms with Gasteiger partial charge in [-0.2, -0.15) is 5.10 Å². The topological polar surface area (TPSA) is 50.4 Å². The maximum absolute atomic E-state index is 13.4. The Balaban J connectivity index is 2.42. The maximum atomic E-state index is 13.4. The molecule has 0 amide bonds. The Hall–Kier alpha value is -2.17. The van der Waals surface area contributed by atoms with Crippen molar-refractivity contribution in [3.8, 4) is 5.69 Å². The normalized spacial score (nSPS) is 11.0. The van der Waals surface area contributed by atoms with Gasteiger partial charge in [-0.25, -0.2) is 9.07 Å². The zero-order chi connectivity index (χ0) is 10.7. The smallest absolute Gasteiger partial charge is 0.134 e. The molecule has 1 heterocycles. The van der Waals surface area contributed by atoms with Gasteiger partial charge in [0.25, 0.3) is 0 Å². The van der Waals surface area contributed by atoms with Crippen molar-refractivity contribution in [3.05, 3.63) is 48.0 Å². The third kappa shape index (κ3) is 1.85. The van der Waals surface area contributed by atoms with E-state index in [-0.39, 0.29) is 5.56 Å². The first kappa shape index (κ1) is 9.39. The van der Waals surface area contributed by atoms with Crippen molar-refractivity contribution in [1.82, 2.24) is 9.78 Å². The van der Waals surface area contributed by atoms with Crippen LogP contribution in [0.5, 0.6) is 0 Å². The molecule has 1 aromatic carbocycles. The van der Waals surface area contributed by atoms with E-state index < -0.39 is 5.82 Å². The lowest BCUT2D eigenvalue weighted by atomic mass is 10.2. The van der Waals surface area contributed by atoms with Crippen LogP contribution >= 0.6 is 0 Å². The summed E-state index contributed by atoms with van der Waals surface area (Å²) in [4.78, 5) is 0. The highest BCUT2D eigenvalue weighted by molar-refractivity contribution is 5.79. The zero-order valence-corrected chi connectivity index (χ0v) is 7.71. The van der Waals surface area contributed by atoms with E-state index in [0.717, 1.165) is 6.21 Å². The Morgan fingerprint density at radius 3 is 2.93 bits per heavy atom. The average Bonchev–Trinajstić information content (AvgIpc) is 2.74. The standard InChI is InChI=1S/C10H8FN3O/c11-10-6-9(14-5-1-4-12-14)3-2-8(10)7-13-15/h1-7,15H/b13-7+. The predicted molar refractivity (Wildman–Crippen MR) is 52.9 cm³/mol. The fourth-order valence-electron chi connectivity index (χ4n) is 1.25. The average molecular weight is 205 g/mol. The van der Waals surface area contributed by atoms with Gasteiger partial charge in [-0.1, -0.05) is 5.16 Å². The Morgan fingerprint density at radius 1 is 1.47 bits per heavy atom. The molecule has 0 saturated carbocycles.